The summed E-state index contributed by atoms with van der Waals surface area (Å²) in [6, 6.07) is 8.06. The summed E-state index contributed by atoms with van der Waals surface area (Å²) in [4.78, 5) is 25.3. The number of rotatable bonds is 6. The molecule has 0 bridgehead atoms. The maximum atomic E-state index is 13.0. The Morgan fingerprint density at radius 3 is 2.93 bits per heavy atom. The molecule has 1 aromatic carbocycles. The van der Waals surface area contributed by atoms with Crippen LogP contribution in [0.4, 0.5) is 5.69 Å². The Hall–Kier alpha value is -2.67. The van der Waals surface area contributed by atoms with E-state index in [0.29, 0.717) is 36.2 Å². The van der Waals surface area contributed by atoms with Crippen molar-refractivity contribution >= 4 is 17.4 Å². The first-order valence-corrected chi connectivity index (χ1v) is 10.5. The maximum Gasteiger partial charge on any atom is 0.269 e. The van der Waals surface area contributed by atoms with Gasteiger partial charge in [-0.25, -0.2) is 0 Å². The molecular formula is C22H26N4O3. The number of carbonyl (C=O) groups is 2. The summed E-state index contributed by atoms with van der Waals surface area (Å²) < 4.78 is 7.09. The predicted molar refractivity (Wildman–Crippen MR) is 108 cm³/mol. The molecule has 7 heteroatoms. The molecule has 1 aromatic heterocycles. The third-order valence-electron chi connectivity index (χ3n) is 6.35. The van der Waals surface area contributed by atoms with Gasteiger partial charge in [0.05, 0.1) is 19.8 Å². The van der Waals surface area contributed by atoms with Gasteiger partial charge in [0, 0.05) is 42.6 Å². The number of hydrogen-bond acceptors (Lipinski definition) is 5. The van der Waals surface area contributed by atoms with E-state index >= 15 is 0 Å². The van der Waals surface area contributed by atoms with Crippen molar-refractivity contribution in [3.8, 4) is 0 Å². The van der Waals surface area contributed by atoms with E-state index < -0.39 is 0 Å². The molecule has 0 radical (unpaired) electrons. The molecule has 5 rings (SSSR count). The number of anilines is 1. The van der Waals surface area contributed by atoms with Crippen LogP contribution in [0, 0.1) is 11.8 Å². The molecule has 1 unspecified atom stereocenters. The minimum Gasteiger partial charge on any atom is -0.385 e. The monoisotopic (exact) mass is 394 g/mol. The molecule has 1 saturated carbocycles. The molecule has 2 aliphatic heterocycles. The topological polar surface area (TPSA) is 85.2 Å². The van der Waals surface area contributed by atoms with Crippen molar-refractivity contribution in [3.63, 3.8) is 0 Å². The molecule has 29 heavy (non-hydrogen) atoms. The minimum atomic E-state index is -0.162. The summed E-state index contributed by atoms with van der Waals surface area (Å²) in [5.41, 5.74) is 4.32. The number of Topliss-reactive ketones (excluding diaryl/α,β-unsaturated/α-hetero) is 1. The van der Waals surface area contributed by atoms with Crippen LogP contribution in [-0.2, 0) is 17.7 Å². The number of para-hydroxylation sites is 1. The molecule has 1 aliphatic carbocycles. The van der Waals surface area contributed by atoms with E-state index in [4.69, 9.17) is 4.74 Å². The number of amides is 1. The summed E-state index contributed by atoms with van der Waals surface area (Å²) in [7, 11) is 0. The number of aryl methyl sites for hydroxylation is 1. The first kappa shape index (κ1) is 18.4. The van der Waals surface area contributed by atoms with Gasteiger partial charge < -0.3 is 15.4 Å². The lowest BCUT2D eigenvalue weighted by Crippen LogP contribution is -2.31. The molecule has 7 nitrogen and oxygen atoms in total. The number of fused-ring (bicyclic) bond motifs is 2. The van der Waals surface area contributed by atoms with Crippen molar-refractivity contribution in [2.75, 3.05) is 25.1 Å². The van der Waals surface area contributed by atoms with Gasteiger partial charge in [0.25, 0.3) is 5.91 Å². The molecule has 1 amide bonds. The van der Waals surface area contributed by atoms with E-state index in [2.05, 4.69) is 27.9 Å². The van der Waals surface area contributed by atoms with E-state index in [1.165, 1.54) is 5.56 Å². The lowest BCUT2D eigenvalue weighted by molar-refractivity contribution is 0.0917. The number of hydrogen-bond donors (Lipinski definition) is 2. The van der Waals surface area contributed by atoms with Gasteiger partial charge in [-0.05, 0) is 24.0 Å². The highest BCUT2D eigenvalue weighted by Crippen LogP contribution is 2.44. The van der Waals surface area contributed by atoms with Crippen LogP contribution in [0.25, 0.3) is 0 Å². The smallest absolute Gasteiger partial charge is 0.269 e. The number of nitrogens with one attached hydrogen (secondary N) is 2. The minimum absolute atomic E-state index is 0.0530. The Balaban J connectivity index is 1.43. The molecule has 2 fully saturated rings. The number of nitrogens with zero attached hydrogens (tertiary/aromatic N) is 2. The molecule has 2 aromatic rings. The SMILES string of the molecule is CCC(=O)c1cc(C(=O)NC2[C@H]3COC[C@@H]23)n(Cc2cccc3c2NCCC3)n1. The average molecular weight is 394 g/mol. The summed E-state index contributed by atoms with van der Waals surface area (Å²) in [5, 5.41) is 11.1. The maximum absolute atomic E-state index is 13.0. The fraction of sp³-hybridized carbons (Fsp3) is 0.500. The average Bonchev–Trinajstić information content (AvgIpc) is 3.11. The zero-order valence-corrected chi connectivity index (χ0v) is 16.6. The first-order chi connectivity index (χ1) is 14.2. The van der Waals surface area contributed by atoms with Crippen molar-refractivity contribution in [2.24, 2.45) is 11.8 Å². The zero-order chi connectivity index (χ0) is 20.0. The molecule has 0 spiro atoms. The Morgan fingerprint density at radius 1 is 1.31 bits per heavy atom. The molecular weight excluding hydrogens is 368 g/mol. The van der Waals surface area contributed by atoms with Crippen LogP contribution in [0.5, 0.6) is 0 Å². The lowest BCUT2D eigenvalue weighted by atomic mass is 9.99. The Labute approximate surface area is 169 Å². The van der Waals surface area contributed by atoms with Crippen LogP contribution >= 0.6 is 0 Å². The summed E-state index contributed by atoms with van der Waals surface area (Å²) in [5.74, 6) is 0.641. The second-order valence-electron chi connectivity index (χ2n) is 8.20. The van der Waals surface area contributed by atoms with E-state index in [9.17, 15) is 9.59 Å². The van der Waals surface area contributed by atoms with Crippen LogP contribution in [0.1, 0.15) is 51.9 Å². The third kappa shape index (κ3) is 3.33. The normalized spacial score (nSPS) is 24.4. The number of ether oxygens (including phenoxy) is 1. The number of aromatic nitrogens is 2. The molecule has 3 heterocycles. The highest BCUT2D eigenvalue weighted by molar-refractivity contribution is 5.99. The van der Waals surface area contributed by atoms with Crippen molar-refractivity contribution in [1.82, 2.24) is 15.1 Å². The number of carbonyl (C=O) groups excluding carboxylic acids is 2. The fourth-order valence-corrected chi connectivity index (χ4v) is 4.59. The van der Waals surface area contributed by atoms with Crippen LogP contribution in [-0.4, -0.2) is 47.3 Å². The van der Waals surface area contributed by atoms with E-state index in [0.717, 1.165) is 43.9 Å². The summed E-state index contributed by atoms with van der Waals surface area (Å²) in [6.07, 6.45) is 2.54. The molecule has 3 aliphatic rings. The number of benzene rings is 1. The van der Waals surface area contributed by atoms with Gasteiger partial charge in [-0.15, -0.1) is 0 Å². The second kappa shape index (κ2) is 7.30. The van der Waals surface area contributed by atoms with Gasteiger partial charge in [0.15, 0.2) is 5.78 Å². The van der Waals surface area contributed by atoms with Crippen molar-refractivity contribution in [1.29, 1.82) is 0 Å². The van der Waals surface area contributed by atoms with E-state index in [1.54, 1.807) is 10.7 Å². The Kier molecular flexibility index (Phi) is 4.62. The van der Waals surface area contributed by atoms with Crippen LogP contribution in [0.15, 0.2) is 24.3 Å². The van der Waals surface area contributed by atoms with Gasteiger partial charge in [-0.2, -0.15) is 5.10 Å². The lowest BCUT2D eigenvalue weighted by Gasteiger charge is -2.21. The third-order valence-corrected chi connectivity index (χ3v) is 6.35. The van der Waals surface area contributed by atoms with Crippen LogP contribution in [0.2, 0.25) is 0 Å². The Bertz CT molecular complexity index is 957. The van der Waals surface area contributed by atoms with Gasteiger partial charge in [-0.1, -0.05) is 25.1 Å². The van der Waals surface area contributed by atoms with Crippen molar-refractivity contribution < 1.29 is 14.3 Å². The highest BCUT2D eigenvalue weighted by atomic mass is 16.5. The molecule has 3 atom stereocenters. The second-order valence-corrected chi connectivity index (χ2v) is 8.20. The fourth-order valence-electron chi connectivity index (χ4n) is 4.59. The van der Waals surface area contributed by atoms with E-state index in [-0.39, 0.29) is 17.7 Å². The quantitative estimate of drug-likeness (QED) is 0.734. The van der Waals surface area contributed by atoms with Gasteiger partial charge >= 0.3 is 0 Å². The van der Waals surface area contributed by atoms with E-state index in [1.807, 2.05) is 13.0 Å². The van der Waals surface area contributed by atoms with Crippen molar-refractivity contribution in [2.45, 2.75) is 38.8 Å². The largest absolute Gasteiger partial charge is 0.385 e. The highest BCUT2D eigenvalue weighted by Gasteiger charge is 2.55. The summed E-state index contributed by atoms with van der Waals surface area (Å²) in [6.45, 7) is 4.65. The molecule has 152 valence electrons. The van der Waals surface area contributed by atoms with Gasteiger partial charge in [-0.3, -0.25) is 14.3 Å². The Morgan fingerprint density at radius 2 is 2.14 bits per heavy atom. The predicted octanol–water partition coefficient (Wildman–Crippen LogP) is 2.26. The molecule has 1 saturated heterocycles. The van der Waals surface area contributed by atoms with Gasteiger partial charge in [0.2, 0.25) is 0 Å². The van der Waals surface area contributed by atoms with Crippen LogP contribution in [0.3, 0.4) is 0 Å². The van der Waals surface area contributed by atoms with Crippen LogP contribution < -0.4 is 10.6 Å². The summed E-state index contributed by atoms with van der Waals surface area (Å²) >= 11 is 0. The van der Waals surface area contributed by atoms with Crippen molar-refractivity contribution in [3.05, 3.63) is 46.8 Å². The zero-order valence-electron chi connectivity index (χ0n) is 16.6. The standard InChI is InChI=1S/C22H26N4O3/c1-2-19(27)17-9-18(22(28)24-21-15-11-29-12-16(15)21)26(25-17)10-14-6-3-5-13-7-4-8-23-20(13)14/h3,5-6,9,15-16,21,23H,2,4,7-8,10-12H2,1H3,(H,24,28)/t15-,16+,21?. The first-order valence-electron chi connectivity index (χ1n) is 10.5. The molecule has 2 N–H and O–H groups in total. The number of ketones is 1. The van der Waals surface area contributed by atoms with Gasteiger partial charge in [0.1, 0.15) is 11.4 Å².